The number of aliphatic carboxylic acids is 1. The summed E-state index contributed by atoms with van der Waals surface area (Å²) in [6.45, 7) is 0. The Labute approximate surface area is 138 Å². The van der Waals surface area contributed by atoms with Crippen molar-refractivity contribution in [3.63, 3.8) is 0 Å². The molecule has 1 atom stereocenters. The highest BCUT2D eigenvalue weighted by molar-refractivity contribution is 6.34. The second-order valence-electron chi connectivity index (χ2n) is 4.58. The Morgan fingerprint density at radius 2 is 1.73 bits per heavy atom. The highest BCUT2D eigenvalue weighted by Gasteiger charge is 2.22. The van der Waals surface area contributed by atoms with E-state index in [1.165, 1.54) is 7.11 Å². The van der Waals surface area contributed by atoms with Gasteiger partial charge >= 0.3 is 5.97 Å². The molecule has 0 aliphatic rings. The molecule has 1 unspecified atom stereocenters. The van der Waals surface area contributed by atoms with E-state index in [0.717, 1.165) is 0 Å². The Hall–Kier alpha value is -1.91. The smallest absolute Gasteiger partial charge is 0.345 e. The SMILES string of the molecule is COc1ccccc1OC(Cc1cc(Cl)cc(Cl)c1)C(=O)O. The molecule has 0 amide bonds. The lowest BCUT2D eigenvalue weighted by molar-refractivity contribution is -0.145. The van der Waals surface area contributed by atoms with Gasteiger partial charge in [-0.25, -0.2) is 4.79 Å². The van der Waals surface area contributed by atoms with Gasteiger partial charge in [0.2, 0.25) is 0 Å². The fourth-order valence-electron chi connectivity index (χ4n) is 1.99. The second-order valence-corrected chi connectivity index (χ2v) is 5.45. The van der Waals surface area contributed by atoms with Crippen LogP contribution in [0, 0.1) is 0 Å². The Balaban J connectivity index is 2.21. The van der Waals surface area contributed by atoms with E-state index >= 15 is 0 Å². The first-order valence-electron chi connectivity index (χ1n) is 6.47. The Morgan fingerprint density at radius 3 is 2.27 bits per heavy atom. The molecular formula is C16H14Cl2O4. The van der Waals surface area contributed by atoms with Crippen molar-refractivity contribution in [2.75, 3.05) is 7.11 Å². The molecule has 22 heavy (non-hydrogen) atoms. The molecule has 0 bridgehead atoms. The zero-order chi connectivity index (χ0) is 16.1. The average Bonchev–Trinajstić information content (AvgIpc) is 2.46. The van der Waals surface area contributed by atoms with Gasteiger partial charge in [0, 0.05) is 16.5 Å². The predicted molar refractivity (Wildman–Crippen MR) is 85.2 cm³/mol. The van der Waals surface area contributed by atoms with Gasteiger partial charge in [-0.2, -0.15) is 0 Å². The summed E-state index contributed by atoms with van der Waals surface area (Å²) < 4.78 is 10.7. The molecule has 0 saturated heterocycles. The van der Waals surface area contributed by atoms with Crippen molar-refractivity contribution < 1.29 is 19.4 Å². The number of rotatable bonds is 6. The Kier molecular flexibility index (Phi) is 5.52. The van der Waals surface area contributed by atoms with E-state index in [0.29, 0.717) is 27.1 Å². The molecule has 0 heterocycles. The molecule has 0 aliphatic heterocycles. The van der Waals surface area contributed by atoms with Gasteiger partial charge in [0.05, 0.1) is 7.11 Å². The van der Waals surface area contributed by atoms with E-state index < -0.39 is 12.1 Å². The van der Waals surface area contributed by atoms with Gasteiger partial charge < -0.3 is 14.6 Å². The molecule has 2 aromatic carbocycles. The van der Waals surface area contributed by atoms with Crippen LogP contribution in [0.2, 0.25) is 10.0 Å². The van der Waals surface area contributed by atoms with E-state index in [9.17, 15) is 9.90 Å². The minimum Gasteiger partial charge on any atom is -0.493 e. The molecule has 1 N–H and O–H groups in total. The zero-order valence-electron chi connectivity index (χ0n) is 11.8. The third kappa shape index (κ3) is 4.29. The topological polar surface area (TPSA) is 55.8 Å². The first kappa shape index (κ1) is 16.5. The number of carboxylic acids is 1. The van der Waals surface area contributed by atoms with Crippen molar-refractivity contribution in [2.45, 2.75) is 12.5 Å². The number of para-hydroxylation sites is 2. The van der Waals surface area contributed by atoms with E-state index in [1.807, 2.05) is 0 Å². The summed E-state index contributed by atoms with van der Waals surface area (Å²) in [5.74, 6) is -0.245. The first-order chi connectivity index (χ1) is 10.5. The lowest BCUT2D eigenvalue weighted by Crippen LogP contribution is -2.29. The van der Waals surface area contributed by atoms with Crippen LogP contribution in [0.4, 0.5) is 0 Å². The van der Waals surface area contributed by atoms with Crippen molar-refractivity contribution in [2.24, 2.45) is 0 Å². The van der Waals surface area contributed by atoms with Crippen molar-refractivity contribution >= 4 is 29.2 Å². The Bertz CT molecular complexity index is 653. The van der Waals surface area contributed by atoms with E-state index in [2.05, 4.69) is 0 Å². The largest absolute Gasteiger partial charge is 0.493 e. The minimum absolute atomic E-state index is 0.133. The van der Waals surface area contributed by atoms with Crippen LogP contribution in [0.5, 0.6) is 11.5 Å². The molecular weight excluding hydrogens is 327 g/mol. The third-order valence-corrected chi connectivity index (χ3v) is 3.39. The fourth-order valence-corrected chi connectivity index (χ4v) is 2.56. The number of carbonyl (C=O) groups is 1. The minimum atomic E-state index is -1.08. The number of benzene rings is 2. The molecule has 0 spiro atoms. The number of methoxy groups -OCH3 is 1. The normalized spacial score (nSPS) is 11.8. The maximum Gasteiger partial charge on any atom is 0.345 e. The van der Waals surface area contributed by atoms with Crippen LogP contribution in [0.15, 0.2) is 42.5 Å². The lowest BCUT2D eigenvalue weighted by atomic mass is 10.1. The van der Waals surface area contributed by atoms with E-state index in [1.54, 1.807) is 42.5 Å². The van der Waals surface area contributed by atoms with Gasteiger partial charge in [0.15, 0.2) is 17.6 Å². The second kappa shape index (κ2) is 7.38. The molecule has 0 aliphatic carbocycles. The monoisotopic (exact) mass is 340 g/mol. The predicted octanol–water partition coefficient (Wildman–Crippen LogP) is 4.08. The standard InChI is InChI=1S/C16H14Cl2O4/c1-21-13-4-2-3-5-14(13)22-15(16(19)20)8-10-6-11(17)9-12(18)7-10/h2-7,9,15H,8H2,1H3,(H,19,20). The van der Waals surface area contributed by atoms with Crippen molar-refractivity contribution in [1.82, 2.24) is 0 Å². The number of halogens is 2. The molecule has 4 nitrogen and oxygen atoms in total. The first-order valence-corrected chi connectivity index (χ1v) is 7.22. The highest BCUT2D eigenvalue weighted by Crippen LogP contribution is 2.28. The molecule has 6 heteroatoms. The molecule has 0 fully saturated rings. The van der Waals surface area contributed by atoms with E-state index in [4.69, 9.17) is 32.7 Å². The van der Waals surface area contributed by atoms with Gasteiger partial charge in [-0.1, -0.05) is 35.3 Å². The molecule has 0 saturated carbocycles. The highest BCUT2D eigenvalue weighted by atomic mass is 35.5. The zero-order valence-corrected chi connectivity index (χ0v) is 13.3. The maximum atomic E-state index is 11.4. The van der Waals surface area contributed by atoms with Crippen LogP contribution in [0.25, 0.3) is 0 Å². The molecule has 2 rings (SSSR count). The van der Waals surface area contributed by atoms with Crippen molar-refractivity contribution in [3.8, 4) is 11.5 Å². The summed E-state index contributed by atoms with van der Waals surface area (Å²) in [6, 6.07) is 11.8. The molecule has 0 aromatic heterocycles. The summed E-state index contributed by atoms with van der Waals surface area (Å²) in [6.07, 6.45) is -0.945. The summed E-state index contributed by atoms with van der Waals surface area (Å²) in [5, 5.41) is 10.3. The summed E-state index contributed by atoms with van der Waals surface area (Å²) in [7, 11) is 1.49. The fraction of sp³-hybridized carbons (Fsp3) is 0.188. The number of carboxylic acid groups (broad SMARTS) is 1. The number of hydrogen-bond donors (Lipinski definition) is 1. The number of ether oxygens (including phenoxy) is 2. The van der Waals surface area contributed by atoms with Gasteiger partial charge in [-0.05, 0) is 35.9 Å². The molecule has 0 radical (unpaired) electrons. The van der Waals surface area contributed by atoms with Gasteiger partial charge in [0.1, 0.15) is 0 Å². The van der Waals surface area contributed by atoms with E-state index in [-0.39, 0.29) is 6.42 Å². The van der Waals surface area contributed by atoms with Crippen LogP contribution in [0.1, 0.15) is 5.56 Å². The maximum absolute atomic E-state index is 11.4. The van der Waals surface area contributed by atoms with Crippen molar-refractivity contribution in [1.29, 1.82) is 0 Å². The van der Waals surface area contributed by atoms with Crippen LogP contribution < -0.4 is 9.47 Å². The Morgan fingerprint density at radius 1 is 1.14 bits per heavy atom. The number of hydrogen-bond acceptors (Lipinski definition) is 3. The summed E-state index contributed by atoms with van der Waals surface area (Å²) in [5.41, 5.74) is 0.680. The average molecular weight is 341 g/mol. The molecule has 2 aromatic rings. The van der Waals surface area contributed by atoms with Gasteiger partial charge in [-0.3, -0.25) is 0 Å². The van der Waals surface area contributed by atoms with Crippen LogP contribution >= 0.6 is 23.2 Å². The van der Waals surface area contributed by atoms with Gasteiger partial charge in [-0.15, -0.1) is 0 Å². The van der Waals surface area contributed by atoms with Crippen LogP contribution in [0.3, 0.4) is 0 Å². The van der Waals surface area contributed by atoms with Crippen molar-refractivity contribution in [3.05, 3.63) is 58.1 Å². The molecule has 116 valence electrons. The van der Waals surface area contributed by atoms with Gasteiger partial charge in [0.25, 0.3) is 0 Å². The summed E-state index contributed by atoms with van der Waals surface area (Å²) in [4.78, 5) is 11.4. The summed E-state index contributed by atoms with van der Waals surface area (Å²) >= 11 is 11.9. The van der Waals surface area contributed by atoms with Crippen LogP contribution in [-0.2, 0) is 11.2 Å². The third-order valence-electron chi connectivity index (χ3n) is 2.96. The van der Waals surface area contributed by atoms with Crippen LogP contribution in [-0.4, -0.2) is 24.3 Å². The lowest BCUT2D eigenvalue weighted by Gasteiger charge is -2.17. The quantitative estimate of drug-likeness (QED) is 0.860.